The maximum Gasteiger partial charge on any atom is 0.433 e. The van der Waals surface area contributed by atoms with E-state index in [2.05, 4.69) is 9.97 Å². The van der Waals surface area contributed by atoms with E-state index >= 15 is 0 Å². The molecule has 0 saturated carbocycles. The van der Waals surface area contributed by atoms with Gasteiger partial charge in [-0.05, 0) is 23.8 Å². The molecule has 2 heterocycles. The lowest BCUT2D eigenvalue weighted by molar-refractivity contribution is -0.141. The van der Waals surface area contributed by atoms with Crippen molar-refractivity contribution in [1.29, 1.82) is 0 Å². The Morgan fingerprint density at radius 2 is 1.90 bits per heavy atom. The normalized spacial score (nSPS) is 11.3. The number of hydrogen-bond donors (Lipinski definition) is 0. The summed E-state index contributed by atoms with van der Waals surface area (Å²) in [7, 11) is 2.86. The third kappa shape index (κ3) is 4.85. The molecule has 0 spiro atoms. The van der Waals surface area contributed by atoms with Crippen LogP contribution >= 0.6 is 0 Å². The summed E-state index contributed by atoms with van der Waals surface area (Å²) < 4.78 is 69.3. The Bertz CT molecular complexity index is 1120. The Kier molecular flexibility index (Phi) is 5.90. The van der Waals surface area contributed by atoms with Gasteiger partial charge in [0.05, 0.1) is 13.2 Å². The molecule has 0 saturated heterocycles. The van der Waals surface area contributed by atoms with Crippen LogP contribution < -0.4 is 19.9 Å². The zero-order chi connectivity index (χ0) is 21.9. The predicted octanol–water partition coefficient (Wildman–Crippen LogP) is 3.71. The third-order valence-electron chi connectivity index (χ3n) is 3.91. The average Bonchev–Trinajstić information content (AvgIpc) is 2.70. The summed E-state index contributed by atoms with van der Waals surface area (Å²) in [6.07, 6.45) is -3.72. The van der Waals surface area contributed by atoms with Crippen LogP contribution in [0.4, 0.5) is 17.6 Å². The van der Waals surface area contributed by atoms with Crippen LogP contribution in [-0.2, 0) is 19.8 Å². The SMILES string of the molecule is COc1cc(OCc2ccc(Oc3ccnc(C(F)(F)F)c3)c(F)c2)nc(=O)n1C. The molecule has 30 heavy (non-hydrogen) atoms. The summed E-state index contributed by atoms with van der Waals surface area (Å²) >= 11 is 0. The zero-order valence-corrected chi connectivity index (χ0v) is 15.7. The fourth-order valence-corrected chi connectivity index (χ4v) is 2.40. The quantitative estimate of drug-likeness (QED) is 0.561. The van der Waals surface area contributed by atoms with Crippen LogP contribution in [0.3, 0.4) is 0 Å². The molecule has 7 nitrogen and oxygen atoms in total. The van der Waals surface area contributed by atoms with Gasteiger partial charge in [0.15, 0.2) is 11.6 Å². The van der Waals surface area contributed by atoms with Gasteiger partial charge in [0.25, 0.3) is 0 Å². The van der Waals surface area contributed by atoms with Gasteiger partial charge in [-0.3, -0.25) is 9.55 Å². The van der Waals surface area contributed by atoms with Crippen LogP contribution in [0.25, 0.3) is 0 Å². The molecule has 0 aliphatic carbocycles. The first-order valence-electron chi connectivity index (χ1n) is 8.42. The van der Waals surface area contributed by atoms with Crippen LogP contribution in [-0.4, -0.2) is 21.6 Å². The highest BCUT2D eigenvalue weighted by Gasteiger charge is 2.32. The monoisotopic (exact) mass is 425 g/mol. The summed E-state index contributed by atoms with van der Waals surface area (Å²) in [6.45, 7) is -0.117. The van der Waals surface area contributed by atoms with Gasteiger partial charge in [0.2, 0.25) is 11.8 Å². The maximum absolute atomic E-state index is 14.3. The van der Waals surface area contributed by atoms with Crippen molar-refractivity contribution < 1.29 is 31.8 Å². The lowest BCUT2D eigenvalue weighted by Crippen LogP contribution is -2.21. The van der Waals surface area contributed by atoms with Crippen molar-refractivity contribution in [2.24, 2.45) is 7.05 Å². The third-order valence-corrected chi connectivity index (χ3v) is 3.91. The summed E-state index contributed by atoms with van der Waals surface area (Å²) in [5, 5.41) is 0. The van der Waals surface area contributed by atoms with Crippen LogP contribution in [0.2, 0.25) is 0 Å². The number of pyridine rings is 1. The Hall–Kier alpha value is -3.63. The second-order valence-corrected chi connectivity index (χ2v) is 6.01. The topological polar surface area (TPSA) is 75.5 Å². The number of methoxy groups -OCH3 is 1. The van der Waals surface area contributed by atoms with E-state index in [1.807, 2.05) is 0 Å². The van der Waals surface area contributed by atoms with E-state index in [-0.39, 0.29) is 29.9 Å². The lowest BCUT2D eigenvalue weighted by atomic mass is 10.2. The minimum Gasteiger partial charge on any atom is -0.482 e. The molecule has 0 fully saturated rings. The Balaban J connectivity index is 1.72. The van der Waals surface area contributed by atoms with E-state index in [4.69, 9.17) is 14.2 Å². The minimum atomic E-state index is -4.64. The Morgan fingerprint density at radius 3 is 2.57 bits per heavy atom. The minimum absolute atomic E-state index is 0.00727. The van der Waals surface area contributed by atoms with Crippen LogP contribution in [0.5, 0.6) is 23.3 Å². The summed E-state index contributed by atoms with van der Waals surface area (Å²) in [4.78, 5) is 18.7. The van der Waals surface area contributed by atoms with E-state index in [1.54, 1.807) is 0 Å². The highest BCUT2D eigenvalue weighted by Crippen LogP contribution is 2.32. The van der Waals surface area contributed by atoms with Gasteiger partial charge in [-0.25, -0.2) is 9.18 Å². The number of nitrogens with zero attached hydrogens (tertiary/aromatic N) is 3. The molecule has 2 aromatic heterocycles. The number of benzene rings is 1. The Morgan fingerprint density at radius 1 is 1.13 bits per heavy atom. The molecule has 0 aliphatic rings. The van der Waals surface area contributed by atoms with E-state index in [1.165, 1.54) is 43.0 Å². The van der Waals surface area contributed by atoms with Gasteiger partial charge in [-0.15, -0.1) is 0 Å². The van der Waals surface area contributed by atoms with Crippen molar-refractivity contribution in [2.45, 2.75) is 12.8 Å². The summed E-state index contributed by atoms with van der Waals surface area (Å²) in [5.74, 6) is -1.07. The highest BCUT2D eigenvalue weighted by atomic mass is 19.4. The van der Waals surface area contributed by atoms with Gasteiger partial charge < -0.3 is 14.2 Å². The molecule has 0 atom stereocenters. The number of ether oxygens (including phenoxy) is 3. The molecule has 3 rings (SSSR count). The van der Waals surface area contributed by atoms with Gasteiger partial charge in [-0.1, -0.05) is 6.07 Å². The van der Waals surface area contributed by atoms with E-state index < -0.39 is 23.4 Å². The molecular formula is C19H15F4N3O4. The maximum atomic E-state index is 14.3. The standard InChI is InChI=1S/C19H15F4N3O4/c1-26-17(28-2)9-16(25-18(26)27)29-10-11-3-4-14(13(20)7-11)30-12-5-6-24-15(8-12)19(21,22)23/h3-9H,10H2,1-2H3. The number of halogens is 4. The largest absolute Gasteiger partial charge is 0.482 e. The number of aromatic nitrogens is 3. The van der Waals surface area contributed by atoms with Crippen molar-refractivity contribution >= 4 is 0 Å². The number of alkyl halides is 3. The summed E-state index contributed by atoms with van der Waals surface area (Å²) in [5.41, 5.74) is -1.36. The predicted molar refractivity (Wildman–Crippen MR) is 96.1 cm³/mol. The summed E-state index contributed by atoms with van der Waals surface area (Å²) in [6, 6.07) is 7.06. The fourth-order valence-electron chi connectivity index (χ4n) is 2.40. The fraction of sp³-hybridized carbons (Fsp3) is 0.211. The Labute approximate surface area is 167 Å². The molecule has 0 radical (unpaired) electrons. The van der Waals surface area contributed by atoms with Crippen molar-refractivity contribution in [3.8, 4) is 23.3 Å². The molecule has 0 aliphatic heterocycles. The smallest absolute Gasteiger partial charge is 0.433 e. The highest BCUT2D eigenvalue weighted by molar-refractivity contribution is 5.35. The van der Waals surface area contributed by atoms with Crippen LogP contribution in [0, 0.1) is 5.82 Å². The van der Waals surface area contributed by atoms with Crippen molar-refractivity contribution in [3.05, 3.63) is 70.2 Å². The first-order chi connectivity index (χ1) is 14.2. The molecule has 0 unspecified atom stereocenters. The molecule has 0 amide bonds. The van der Waals surface area contributed by atoms with E-state index in [9.17, 15) is 22.4 Å². The first-order valence-corrected chi connectivity index (χ1v) is 8.42. The van der Waals surface area contributed by atoms with Gasteiger partial charge in [0.1, 0.15) is 18.1 Å². The van der Waals surface area contributed by atoms with Gasteiger partial charge in [0, 0.05) is 19.3 Å². The van der Waals surface area contributed by atoms with E-state index in [0.29, 0.717) is 11.6 Å². The number of rotatable bonds is 6. The van der Waals surface area contributed by atoms with Crippen molar-refractivity contribution in [2.75, 3.05) is 7.11 Å². The van der Waals surface area contributed by atoms with Gasteiger partial charge in [-0.2, -0.15) is 18.2 Å². The second-order valence-electron chi connectivity index (χ2n) is 6.01. The second kappa shape index (κ2) is 8.39. The zero-order valence-electron chi connectivity index (χ0n) is 15.7. The molecule has 1 aromatic carbocycles. The van der Waals surface area contributed by atoms with Gasteiger partial charge >= 0.3 is 11.9 Å². The number of hydrogen-bond acceptors (Lipinski definition) is 6. The molecule has 0 N–H and O–H groups in total. The molecule has 3 aromatic rings. The molecular weight excluding hydrogens is 410 g/mol. The molecule has 0 bridgehead atoms. The van der Waals surface area contributed by atoms with Crippen molar-refractivity contribution in [1.82, 2.24) is 14.5 Å². The van der Waals surface area contributed by atoms with Crippen LogP contribution in [0.1, 0.15) is 11.3 Å². The van der Waals surface area contributed by atoms with Crippen molar-refractivity contribution in [3.63, 3.8) is 0 Å². The molecule has 158 valence electrons. The molecule has 11 heteroatoms. The van der Waals surface area contributed by atoms with E-state index in [0.717, 1.165) is 12.3 Å². The average molecular weight is 425 g/mol. The first kappa shape index (κ1) is 21.1. The lowest BCUT2D eigenvalue weighted by Gasteiger charge is -2.11. The van der Waals surface area contributed by atoms with Crippen LogP contribution in [0.15, 0.2) is 47.4 Å².